The van der Waals surface area contributed by atoms with Crippen LogP contribution < -0.4 is 5.32 Å². The third-order valence-electron chi connectivity index (χ3n) is 2.18. The molecule has 0 spiro atoms. The molecular formula is C12H16N4OS. The molecule has 0 fully saturated rings. The number of amides is 1. The molecule has 0 radical (unpaired) electrons. The standard InChI is InChI=1S/C12H16N4OS/c13-16-15-9-5-4-8-14-12(17)10-18-11-6-2-1-3-7-11/h1-3,6-7H,4-5,8-10H2,(H,14,17). The highest BCUT2D eigenvalue weighted by molar-refractivity contribution is 8.00. The fourth-order valence-corrected chi connectivity index (χ4v) is 2.05. The Balaban J connectivity index is 2.05. The number of carbonyl (C=O) groups excluding carboxylic acids is 1. The molecule has 1 rings (SSSR count). The number of benzene rings is 1. The van der Waals surface area contributed by atoms with E-state index >= 15 is 0 Å². The van der Waals surface area contributed by atoms with Gasteiger partial charge in [0.2, 0.25) is 5.91 Å². The summed E-state index contributed by atoms with van der Waals surface area (Å²) in [5, 5.41) is 6.26. The van der Waals surface area contributed by atoms with Crippen LogP contribution in [0.4, 0.5) is 0 Å². The van der Waals surface area contributed by atoms with Gasteiger partial charge in [0, 0.05) is 22.9 Å². The van der Waals surface area contributed by atoms with E-state index in [-0.39, 0.29) is 5.91 Å². The number of hydrogen-bond acceptors (Lipinski definition) is 3. The Hall–Kier alpha value is -1.65. The van der Waals surface area contributed by atoms with Crippen molar-refractivity contribution in [1.82, 2.24) is 5.32 Å². The van der Waals surface area contributed by atoms with E-state index in [2.05, 4.69) is 15.3 Å². The van der Waals surface area contributed by atoms with E-state index in [1.807, 2.05) is 30.3 Å². The Labute approximate surface area is 111 Å². The molecule has 0 aromatic heterocycles. The highest BCUT2D eigenvalue weighted by atomic mass is 32.2. The predicted molar refractivity (Wildman–Crippen MR) is 73.4 cm³/mol. The van der Waals surface area contributed by atoms with E-state index in [1.54, 1.807) is 0 Å². The summed E-state index contributed by atoms with van der Waals surface area (Å²) in [6.45, 7) is 1.13. The number of carbonyl (C=O) groups is 1. The topological polar surface area (TPSA) is 77.9 Å². The molecule has 6 heteroatoms. The lowest BCUT2D eigenvalue weighted by Crippen LogP contribution is -2.26. The average Bonchev–Trinajstić information content (AvgIpc) is 2.41. The van der Waals surface area contributed by atoms with Crippen LogP contribution in [0, 0.1) is 0 Å². The molecule has 18 heavy (non-hydrogen) atoms. The number of nitrogens with zero attached hydrogens (tertiary/aromatic N) is 3. The van der Waals surface area contributed by atoms with Crippen molar-refractivity contribution < 1.29 is 4.79 Å². The smallest absolute Gasteiger partial charge is 0.230 e. The second-order valence-corrected chi connectivity index (χ2v) is 4.66. The second kappa shape index (κ2) is 9.39. The van der Waals surface area contributed by atoms with Gasteiger partial charge in [-0.15, -0.1) is 11.8 Å². The zero-order valence-corrected chi connectivity index (χ0v) is 10.9. The zero-order chi connectivity index (χ0) is 13.1. The lowest BCUT2D eigenvalue weighted by Gasteiger charge is -2.04. The molecule has 0 heterocycles. The van der Waals surface area contributed by atoms with Crippen LogP contribution in [0.5, 0.6) is 0 Å². The Morgan fingerprint density at radius 2 is 2.11 bits per heavy atom. The summed E-state index contributed by atoms with van der Waals surface area (Å²) in [5.41, 5.74) is 8.08. The predicted octanol–water partition coefficient (Wildman–Crippen LogP) is 2.99. The van der Waals surface area contributed by atoms with Gasteiger partial charge in [-0.05, 0) is 30.5 Å². The summed E-state index contributed by atoms with van der Waals surface area (Å²) in [5.74, 6) is 0.466. The molecular weight excluding hydrogens is 248 g/mol. The molecule has 1 aromatic carbocycles. The van der Waals surface area contributed by atoms with Gasteiger partial charge in [0.15, 0.2) is 0 Å². The zero-order valence-electron chi connectivity index (χ0n) is 10.1. The maximum absolute atomic E-state index is 11.5. The van der Waals surface area contributed by atoms with E-state index < -0.39 is 0 Å². The van der Waals surface area contributed by atoms with Crippen molar-refractivity contribution in [3.05, 3.63) is 40.8 Å². The lowest BCUT2D eigenvalue weighted by molar-refractivity contribution is -0.118. The third kappa shape index (κ3) is 6.83. The first-order valence-corrected chi connectivity index (χ1v) is 6.77. The SMILES string of the molecule is [N-]=[N+]=NCCCCNC(=O)CSc1ccccc1. The highest BCUT2D eigenvalue weighted by Gasteiger charge is 2.01. The maximum Gasteiger partial charge on any atom is 0.230 e. The maximum atomic E-state index is 11.5. The largest absolute Gasteiger partial charge is 0.355 e. The van der Waals surface area contributed by atoms with Crippen LogP contribution in [0.1, 0.15) is 12.8 Å². The van der Waals surface area contributed by atoms with Crippen LogP contribution >= 0.6 is 11.8 Å². The summed E-state index contributed by atoms with van der Waals surface area (Å²) in [6.07, 6.45) is 1.64. The Bertz CT molecular complexity index is 404. The molecule has 0 bridgehead atoms. The van der Waals surface area contributed by atoms with Crippen LogP contribution in [-0.4, -0.2) is 24.7 Å². The molecule has 1 N–H and O–H groups in total. The molecule has 0 aliphatic heterocycles. The van der Waals surface area contributed by atoms with Gasteiger partial charge in [-0.25, -0.2) is 0 Å². The Morgan fingerprint density at radius 3 is 2.83 bits per heavy atom. The number of thioether (sulfide) groups is 1. The van der Waals surface area contributed by atoms with Crippen LogP contribution in [-0.2, 0) is 4.79 Å². The molecule has 96 valence electrons. The fourth-order valence-electron chi connectivity index (χ4n) is 1.30. The van der Waals surface area contributed by atoms with Crippen LogP contribution in [0.3, 0.4) is 0 Å². The summed E-state index contributed by atoms with van der Waals surface area (Å²) in [6, 6.07) is 9.83. The molecule has 1 aromatic rings. The van der Waals surface area contributed by atoms with Crippen molar-refractivity contribution in [2.24, 2.45) is 5.11 Å². The second-order valence-electron chi connectivity index (χ2n) is 3.61. The highest BCUT2D eigenvalue weighted by Crippen LogP contribution is 2.16. The van der Waals surface area contributed by atoms with E-state index in [9.17, 15) is 4.79 Å². The summed E-state index contributed by atoms with van der Waals surface area (Å²) in [7, 11) is 0. The molecule has 0 unspecified atom stereocenters. The van der Waals surface area contributed by atoms with Crippen molar-refractivity contribution >= 4 is 17.7 Å². The van der Waals surface area contributed by atoms with Gasteiger partial charge in [0.05, 0.1) is 5.75 Å². The lowest BCUT2D eigenvalue weighted by atomic mass is 10.3. The van der Waals surface area contributed by atoms with Gasteiger partial charge in [0.25, 0.3) is 0 Å². The summed E-state index contributed by atoms with van der Waals surface area (Å²) in [4.78, 5) is 15.3. The summed E-state index contributed by atoms with van der Waals surface area (Å²) >= 11 is 1.52. The first-order chi connectivity index (χ1) is 8.83. The van der Waals surface area contributed by atoms with Gasteiger partial charge in [0.1, 0.15) is 0 Å². The van der Waals surface area contributed by atoms with Crippen LogP contribution in [0.15, 0.2) is 40.3 Å². The van der Waals surface area contributed by atoms with Gasteiger partial charge >= 0.3 is 0 Å². The molecule has 0 aliphatic carbocycles. The number of azide groups is 1. The first kappa shape index (κ1) is 14.4. The molecule has 1 amide bonds. The number of rotatable bonds is 8. The van der Waals surface area contributed by atoms with Crippen molar-refractivity contribution in [2.75, 3.05) is 18.8 Å². The van der Waals surface area contributed by atoms with Crippen molar-refractivity contribution in [1.29, 1.82) is 0 Å². The van der Waals surface area contributed by atoms with Gasteiger partial charge in [-0.3, -0.25) is 4.79 Å². The minimum Gasteiger partial charge on any atom is -0.355 e. The minimum atomic E-state index is 0.0348. The normalized spacial score (nSPS) is 9.56. The first-order valence-electron chi connectivity index (χ1n) is 5.78. The molecule has 0 saturated carbocycles. The molecule has 0 saturated heterocycles. The summed E-state index contributed by atoms with van der Waals surface area (Å²) < 4.78 is 0. The van der Waals surface area contributed by atoms with E-state index in [0.29, 0.717) is 18.8 Å². The average molecular weight is 264 g/mol. The van der Waals surface area contributed by atoms with Gasteiger partial charge in [-0.2, -0.15) is 0 Å². The molecule has 0 atom stereocenters. The molecule has 5 nitrogen and oxygen atoms in total. The number of hydrogen-bond donors (Lipinski definition) is 1. The number of nitrogens with one attached hydrogen (secondary N) is 1. The Kier molecular flexibility index (Phi) is 7.52. The monoisotopic (exact) mass is 264 g/mol. The van der Waals surface area contributed by atoms with Gasteiger partial charge < -0.3 is 5.32 Å². The van der Waals surface area contributed by atoms with Crippen molar-refractivity contribution in [2.45, 2.75) is 17.7 Å². The van der Waals surface area contributed by atoms with Crippen LogP contribution in [0.2, 0.25) is 0 Å². The van der Waals surface area contributed by atoms with Crippen molar-refractivity contribution in [3.63, 3.8) is 0 Å². The Morgan fingerprint density at radius 1 is 1.33 bits per heavy atom. The van der Waals surface area contributed by atoms with Gasteiger partial charge in [-0.1, -0.05) is 23.3 Å². The fraction of sp³-hybridized carbons (Fsp3) is 0.417. The number of unbranched alkanes of at least 4 members (excludes halogenated alkanes) is 1. The van der Waals surface area contributed by atoms with Crippen molar-refractivity contribution in [3.8, 4) is 0 Å². The minimum absolute atomic E-state index is 0.0348. The van der Waals surface area contributed by atoms with Crippen LogP contribution in [0.25, 0.3) is 10.4 Å². The quantitative estimate of drug-likeness (QED) is 0.257. The van der Waals surface area contributed by atoms with E-state index in [1.165, 1.54) is 11.8 Å². The third-order valence-corrected chi connectivity index (χ3v) is 3.20. The van der Waals surface area contributed by atoms with E-state index in [4.69, 9.17) is 5.53 Å². The van der Waals surface area contributed by atoms with E-state index in [0.717, 1.165) is 17.7 Å². The molecule has 0 aliphatic rings.